The molecule has 0 radical (unpaired) electrons. The minimum Gasteiger partial charge on any atom is -0.491 e. The number of piperidine rings is 1. The van der Waals surface area contributed by atoms with E-state index in [1.807, 2.05) is 47.5 Å². The number of fused-ring (bicyclic) bond motifs is 1. The van der Waals surface area contributed by atoms with Gasteiger partial charge in [0, 0.05) is 43.6 Å². The molecule has 3 aromatic rings. The highest BCUT2D eigenvalue weighted by molar-refractivity contribution is 5.94. The molecular formula is C22H25N3O3. The van der Waals surface area contributed by atoms with Gasteiger partial charge in [-0.25, -0.2) is 0 Å². The van der Waals surface area contributed by atoms with E-state index in [0.717, 1.165) is 42.7 Å². The molecule has 0 unspecified atom stereocenters. The summed E-state index contributed by atoms with van der Waals surface area (Å²) in [4.78, 5) is 22.6. The Morgan fingerprint density at radius 2 is 1.96 bits per heavy atom. The Morgan fingerprint density at radius 3 is 2.68 bits per heavy atom. The summed E-state index contributed by atoms with van der Waals surface area (Å²) in [6, 6.07) is 13.5. The second-order valence-corrected chi connectivity index (χ2v) is 7.09. The highest BCUT2D eigenvalue weighted by atomic mass is 16.5. The first-order valence-electron chi connectivity index (χ1n) is 9.69. The molecule has 6 heteroatoms. The summed E-state index contributed by atoms with van der Waals surface area (Å²) in [5, 5.41) is 0. The maximum atomic E-state index is 12.8. The summed E-state index contributed by atoms with van der Waals surface area (Å²) >= 11 is 0. The van der Waals surface area contributed by atoms with Gasteiger partial charge < -0.3 is 19.4 Å². The van der Waals surface area contributed by atoms with Crippen LogP contribution >= 0.6 is 0 Å². The van der Waals surface area contributed by atoms with Crippen LogP contribution in [-0.4, -0.2) is 54.2 Å². The minimum atomic E-state index is 0.0835. The lowest BCUT2D eigenvalue weighted by atomic mass is 9.93. The number of aromatic amines is 1. The number of nitrogens with zero attached hydrogens (tertiary/aromatic N) is 2. The Kier molecular flexibility index (Phi) is 5.58. The zero-order valence-electron chi connectivity index (χ0n) is 16.1. The fourth-order valence-corrected chi connectivity index (χ4v) is 3.71. The summed E-state index contributed by atoms with van der Waals surface area (Å²) < 4.78 is 10.5. The molecule has 1 fully saturated rings. The predicted molar refractivity (Wildman–Crippen MR) is 108 cm³/mol. The topological polar surface area (TPSA) is 67.5 Å². The molecule has 2 aromatic heterocycles. The second-order valence-electron chi connectivity index (χ2n) is 7.09. The van der Waals surface area contributed by atoms with Crippen molar-refractivity contribution < 1.29 is 14.3 Å². The van der Waals surface area contributed by atoms with E-state index in [-0.39, 0.29) is 5.91 Å². The average molecular weight is 379 g/mol. The summed E-state index contributed by atoms with van der Waals surface area (Å²) in [6.07, 6.45) is 3.72. The first kappa shape index (κ1) is 18.5. The molecule has 0 bridgehead atoms. The van der Waals surface area contributed by atoms with Crippen LogP contribution in [0.5, 0.6) is 5.75 Å². The van der Waals surface area contributed by atoms with Gasteiger partial charge in [-0.3, -0.25) is 9.78 Å². The number of carbonyl (C=O) groups is 1. The molecule has 1 aliphatic heterocycles. The smallest absolute Gasteiger partial charge is 0.253 e. The van der Waals surface area contributed by atoms with Crippen LogP contribution in [0, 0.1) is 0 Å². The Balaban J connectivity index is 1.34. The maximum absolute atomic E-state index is 12.8. The Bertz CT molecular complexity index is 895. The molecule has 3 heterocycles. The van der Waals surface area contributed by atoms with Crippen molar-refractivity contribution in [2.24, 2.45) is 0 Å². The maximum Gasteiger partial charge on any atom is 0.253 e. The number of benzene rings is 1. The Labute approximate surface area is 164 Å². The quantitative estimate of drug-likeness (QED) is 0.665. The number of amides is 1. The van der Waals surface area contributed by atoms with Gasteiger partial charge in [0.05, 0.1) is 17.6 Å². The summed E-state index contributed by atoms with van der Waals surface area (Å²) in [6.45, 7) is 2.57. The van der Waals surface area contributed by atoms with E-state index < -0.39 is 0 Å². The number of nitrogens with one attached hydrogen (secondary N) is 1. The van der Waals surface area contributed by atoms with Gasteiger partial charge >= 0.3 is 0 Å². The Hall–Kier alpha value is -2.86. The Morgan fingerprint density at radius 1 is 1.18 bits per heavy atom. The van der Waals surface area contributed by atoms with Gasteiger partial charge in [-0.1, -0.05) is 0 Å². The predicted octanol–water partition coefficient (Wildman–Crippen LogP) is 3.61. The first-order valence-corrected chi connectivity index (χ1v) is 9.69. The molecule has 1 amide bonds. The van der Waals surface area contributed by atoms with Gasteiger partial charge in [0.2, 0.25) is 0 Å². The third kappa shape index (κ3) is 4.02. The van der Waals surface area contributed by atoms with Gasteiger partial charge in [-0.15, -0.1) is 0 Å². The molecular weight excluding hydrogens is 354 g/mol. The number of hydrogen-bond acceptors (Lipinski definition) is 4. The fourth-order valence-electron chi connectivity index (χ4n) is 3.71. The van der Waals surface area contributed by atoms with Crippen molar-refractivity contribution in [2.75, 3.05) is 33.4 Å². The number of likely N-dealkylation sites (tertiary alicyclic amines) is 1. The molecule has 6 nitrogen and oxygen atoms in total. The molecule has 4 rings (SSSR count). The molecule has 1 N–H and O–H groups in total. The molecule has 1 saturated heterocycles. The fraction of sp³-hybridized carbons (Fsp3) is 0.364. The molecule has 0 spiro atoms. The van der Waals surface area contributed by atoms with Crippen molar-refractivity contribution in [1.82, 2.24) is 14.9 Å². The van der Waals surface area contributed by atoms with Gasteiger partial charge in [0.15, 0.2) is 0 Å². The summed E-state index contributed by atoms with van der Waals surface area (Å²) in [5.74, 6) is 1.27. The van der Waals surface area contributed by atoms with Gasteiger partial charge in [-0.05, 0) is 55.3 Å². The van der Waals surface area contributed by atoms with Crippen LogP contribution in [0.25, 0.3) is 11.0 Å². The lowest BCUT2D eigenvalue weighted by Gasteiger charge is -2.31. The highest BCUT2D eigenvalue weighted by Gasteiger charge is 2.25. The monoisotopic (exact) mass is 379 g/mol. The van der Waals surface area contributed by atoms with Crippen LogP contribution in [0.3, 0.4) is 0 Å². The van der Waals surface area contributed by atoms with Crippen molar-refractivity contribution in [3.05, 3.63) is 59.9 Å². The number of hydrogen-bond donors (Lipinski definition) is 1. The van der Waals surface area contributed by atoms with Gasteiger partial charge in [0.25, 0.3) is 5.91 Å². The van der Waals surface area contributed by atoms with Crippen LogP contribution in [0.4, 0.5) is 0 Å². The third-order valence-electron chi connectivity index (χ3n) is 5.29. The molecule has 1 aromatic carbocycles. The van der Waals surface area contributed by atoms with E-state index in [9.17, 15) is 4.79 Å². The van der Waals surface area contributed by atoms with E-state index in [4.69, 9.17) is 9.47 Å². The zero-order valence-corrected chi connectivity index (χ0v) is 16.1. The second kappa shape index (κ2) is 8.44. The standard InChI is InChI=1S/C22H25N3O3/c1-27-13-14-28-18-6-4-17(5-7-18)22(26)25-11-8-16(9-12-25)20-15-21-19(24-20)3-2-10-23-21/h2-7,10,15-16,24H,8-9,11-14H2,1H3. The van der Waals surface area contributed by atoms with E-state index in [1.54, 1.807) is 7.11 Å². The zero-order chi connectivity index (χ0) is 19.3. The van der Waals surface area contributed by atoms with Crippen molar-refractivity contribution in [1.29, 1.82) is 0 Å². The normalized spacial score (nSPS) is 15.1. The molecule has 0 saturated carbocycles. The van der Waals surface area contributed by atoms with E-state index in [1.165, 1.54) is 5.69 Å². The number of H-pyrrole nitrogens is 1. The SMILES string of the molecule is COCCOc1ccc(C(=O)N2CCC(c3cc4ncccc4[nH]3)CC2)cc1. The first-order chi connectivity index (χ1) is 13.7. The van der Waals surface area contributed by atoms with Crippen molar-refractivity contribution >= 4 is 16.9 Å². The lowest BCUT2D eigenvalue weighted by molar-refractivity contribution is 0.0712. The third-order valence-corrected chi connectivity index (χ3v) is 5.29. The molecule has 0 aliphatic carbocycles. The summed E-state index contributed by atoms with van der Waals surface area (Å²) in [7, 11) is 1.64. The van der Waals surface area contributed by atoms with E-state index >= 15 is 0 Å². The largest absolute Gasteiger partial charge is 0.491 e. The summed E-state index contributed by atoms with van der Waals surface area (Å²) in [5.41, 5.74) is 4.00. The van der Waals surface area contributed by atoms with Crippen LogP contribution in [0.1, 0.15) is 34.8 Å². The van der Waals surface area contributed by atoms with Gasteiger partial charge in [-0.2, -0.15) is 0 Å². The number of pyridine rings is 1. The highest BCUT2D eigenvalue weighted by Crippen LogP contribution is 2.30. The lowest BCUT2D eigenvalue weighted by Crippen LogP contribution is -2.37. The molecule has 0 atom stereocenters. The number of methoxy groups -OCH3 is 1. The number of rotatable bonds is 6. The average Bonchev–Trinajstić information content (AvgIpc) is 3.18. The van der Waals surface area contributed by atoms with Crippen LogP contribution in [-0.2, 0) is 4.74 Å². The van der Waals surface area contributed by atoms with Crippen molar-refractivity contribution in [3.63, 3.8) is 0 Å². The van der Waals surface area contributed by atoms with Crippen LogP contribution < -0.4 is 4.74 Å². The van der Waals surface area contributed by atoms with Crippen LogP contribution in [0.2, 0.25) is 0 Å². The molecule has 146 valence electrons. The van der Waals surface area contributed by atoms with E-state index in [2.05, 4.69) is 16.0 Å². The van der Waals surface area contributed by atoms with E-state index in [0.29, 0.717) is 24.7 Å². The number of ether oxygens (including phenoxy) is 2. The number of carbonyl (C=O) groups excluding carboxylic acids is 1. The number of aromatic nitrogens is 2. The molecule has 28 heavy (non-hydrogen) atoms. The van der Waals surface area contributed by atoms with Gasteiger partial charge in [0.1, 0.15) is 12.4 Å². The van der Waals surface area contributed by atoms with Crippen molar-refractivity contribution in [2.45, 2.75) is 18.8 Å². The molecule has 1 aliphatic rings. The minimum absolute atomic E-state index is 0.0835. The van der Waals surface area contributed by atoms with Crippen molar-refractivity contribution in [3.8, 4) is 5.75 Å². The van der Waals surface area contributed by atoms with Crippen LogP contribution in [0.15, 0.2) is 48.7 Å².